The zero-order valence-electron chi connectivity index (χ0n) is 8.08. The summed E-state index contributed by atoms with van der Waals surface area (Å²) in [5.41, 5.74) is 1.16. The number of carboxylic acids is 2. The molecule has 0 fully saturated rings. The lowest BCUT2D eigenvalue weighted by molar-refractivity contribution is -0.159. The van der Waals surface area contributed by atoms with Crippen molar-refractivity contribution >= 4 is 23.7 Å². The van der Waals surface area contributed by atoms with Crippen LogP contribution in [0.1, 0.15) is 5.69 Å². The Hall–Kier alpha value is -1.56. The predicted molar refractivity (Wildman–Crippen MR) is 56.7 cm³/mol. The van der Waals surface area contributed by atoms with E-state index >= 15 is 0 Å². The molecule has 0 unspecified atom stereocenters. The first-order valence-electron chi connectivity index (χ1n) is 3.93. The van der Waals surface area contributed by atoms with Crippen LogP contribution in [0.25, 0.3) is 0 Å². The van der Waals surface area contributed by atoms with Crippen LogP contribution in [0.15, 0.2) is 24.4 Å². The van der Waals surface area contributed by atoms with Crippen LogP contribution in [-0.2, 0) is 15.3 Å². The number of hydrogen-bond donors (Lipinski definition) is 2. The van der Waals surface area contributed by atoms with Crippen molar-refractivity contribution in [3.05, 3.63) is 30.1 Å². The van der Waals surface area contributed by atoms with E-state index in [1.165, 1.54) is 0 Å². The van der Waals surface area contributed by atoms with Gasteiger partial charge in [-0.3, -0.25) is 4.98 Å². The van der Waals surface area contributed by atoms with Crippen molar-refractivity contribution < 1.29 is 19.8 Å². The fourth-order valence-corrected chi connectivity index (χ4v) is 1.10. The molecule has 0 bridgehead atoms. The third-order valence-corrected chi connectivity index (χ3v) is 1.79. The van der Waals surface area contributed by atoms with Crippen molar-refractivity contribution in [2.75, 3.05) is 6.26 Å². The molecule has 0 amide bonds. The summed E-state index contributed by atoms with van der Waals surface area (Å²) in [4.78, 5) is 22.3. The molecular formula is C9H11NO4S. The van der Waals surface area contributed by atoms with Gasteiger partial charge in [0.15, 0.2) is 0 Å². The first kappa shape index (κ1) is 13.4. The standard InChI is InChI=1S/C7H9NS.C2H2O4/c1-9-6-7-4-2-3-5-8-7;3-1(4)2(5)6/h2-5H,6H2,1H3;(H,3,4)(H,5,6). The van der Waals surface area contributed by atoms with Crippen molar-refractivity contribution in [2.45, 2.75) is 5.75 Å². The van der Waals surface area contributed by atoms with Gasteiger partial charge < -0.3 is 10.2 Å². The molecular weight excluding hydrogens is 218 g/mol. The SMILES string of the molecule is CSCc1ccccn1.O=C(O)C(=O)O. The third-order valence-electron chi connectivity index (χ3n) is 1.20. The average Bonchev–Trinajstić information content (AvgIpc) is 2.20. The van der Waals surface area contributed by atoms with E-state index in [1.54, 1.807) is 11.8 Å². The largest absolute Gasteiger partial charge is 0.473 e. The van der Waals surface area contributed by atoms with E-state index in [9.17, 15) is 0 Å². The zero-order chi connectivity index (χ0) is 11.7. The number of aliphatic carboxylic acids is 2. The number of rotatable bonds is 2. The smallest absolute Gasteiger partial charge is 0.414 e. The lowest BCUT2D eigenvalue weighted by atomic mass is 10.4. The predicted octanol–water partition coefficient (Wildman–Crippen LogP) is 1.10. The lowest BCUT2D eigenvalue weighted by Gasteiger charge is -1.92. The Kier molecular flexibility index (Phi) is 7.00. The molecule has 2 N–H and O–H groups in total. The molecule has 0 saturated heterocycles. The van der Waals surface area contributed by atoms with Gasteiger partial charge in [0.1, 0.15) is 0 Å². The number of aromatic nitrogens is 1. The van der Waals surface area contributed by atoms with Gasteiger partial charge in [0, 0.05) is 11.9 Å². The molecule has 0 spiro atoms. The summed E-state index contributed by atoms with van der Waals surface area (Å²) in [6, 6.07) is 5.98. The third kappa shape index (κ3) is 7.51. The van der Waals surface area contributed by atoms with E-state index in [2.05, 4.69) is 11.2 Å². The Morgan fingerprint density at radius 2 is 1.93 bits per heavy atom. The molecule has 0 atom stereocenters. The van der Waals surface area contributed by atoms with Crippen LogP contribution in [0.4, 0.5) is 0 Å². The Morgan fingerprint density at radius 3 is 2.27 bits per heavy atom. The maximum absolute atomic E-state index is 9.10. The maximum Gasteiger partial charge on any atom is 0.414 e. The van der Waals surface area contributed by atoms with Crippen molar-refractivity contribution in [2.24, 2.45) is 0 Å². The van der Waals surface area contributed by atoms with Crippen molar-refractivity contribution in [3.63, 3.8) is 0 Å². The van der Waals surface area contributed by atoms with Crippen molar-refractivity contribution in [1.29, 1.82) is 0 Å². The summed E-state index contributed by atoms with van der Waals surface area (Å²) in [5.74, 6) is -2.63. The molecule has 82 valence electrons. The Balaban J connectivity index is 0.000000288. The number of hydrogen-bond acceptors (Lipinski definition) is 4. The number of nitrogens with zero attached hydrogens (tertiary/aromatic N) is 1. The number of carboxylic acid groups (broad SMARTS) is 2. The fraction of sp³-hybridized carbons (Fsp3) is 0.222. The highest BCUT2D eigenvalue weighted by atomic mass is 32.2. The van der Waals surface area contributed by atoms with Crippen LogP contribution in [0.3, 0.4) is 0 Å². The Morgan fingerprint density at radius 1 is 1.33 bits per heavy atom. The maximum atomic E-state index is 9.10. The normalized spacial score (nSPS) is 8.60. The summed E-state index contributed by atoms with van der Waals surface area (Å²) in [6.07, 6.45) is 3.90. The van der Waals surface area contributed by atoms with Gasteiger partial charge in [0.2, 0.25) is 0 Å². The van der Waals surface area contributed by atoms with E-state index in [1.807, 2.05) is 24.4 Å². The highest BCUT2D eigenvalue weighted by Crippen LogP contribution is 2.03. The van der Waals surface area contributed by atoms with E-state index in [0.29, 0.717) is 0 Å². The van der Waals surface area contributed by atoms with Gasteiger partial charge in [0.25, 0.3) is 0 Å². The molecule has 1 aromatic rings. The molecule has 0 aromatic carbocycles. The first-order chi connectivity index (χ1) is 7.07. The molecule has 0 aliphatic heterocycles. The monoisotopic (exact) mass is 229 g/mol. The minimum Gasteiger partial charge on any atom is -0.473 e. The minimum absolute atomic E-state index is 1.01. The van der Waals surface area contributed by atoms with E-state index in [4.69, 9.17) is 19.8 Å². The highest BCUT2D eigenvalue weighted by molar-refractivity contribution is 7.97. The molecule has 1 aromatic heterocycles. The van der Waals surface area contributed by atoms with Gasteiger partial charge in [-0.1, -0.05) is 6.07 Å². The second-order valence-corrected chi connectivity index (χ2v) is 3.23. The van der Waals surface area contributed by atoms with Crippen LogP contribution >= 0.6 is 11.8 Å². The zero-order valence-corrected chi connectivity index (χ0v) is 8.90. The summed E-state index contributed by atoms with van der Waals surface area (Å²) in [5, 5.41) is 14.8. The number of carbonyl (C=O) groups is 2. The Labute approximate surface area is 91.2 Å². The van der Waals surface area contributed by atoms with Crippen LogP contribution in [-0.4, -0.2) is 33.4 Å². The van der Waals surface area contributed by atoms with Crippen LogP contribution in [0.2, 0.25) is 0 Å². The van der Waals surface area contributed by atoms with Gasteiger partial charge >= 0.3 is 11.9 Å². The molecule has 0 radical (unpaired) electrons. The number of pyridine rings is 1. The van der Waals surface area contributed by atoms with Gasteiger partial charge in [-0.25, -0.2) is 9.59 Å². The van der Waals surface area contributed by atoms with E-state index in [-0.39, 0.29) is 0 Å². The average molecular weight is 229 g/mol. The van der Waals surface area contributed by atoms with Gasteiger partial charge in [-0.05, 0) is 18.4 Å². The van der Waals surface area contributed by atoms with Gasteiger partial charge in [-0.15, -0.1) is 0 Å². The summed E-state index contributed by atoms with van der Waals surface area (Å²) < 4.78 is 0. The van der Waals surface area contributed by atoms with Gasteiger partial charge in [-0.2, -0.15) is 11.8 Å². The molecule has 0 aliphatic carbocycles. The van der Waals surface area contributed by atoms with Crippen LogP contribution < -0.4 is 0 Å². The second-order valence-electron chi connectivity index (χ2n) is 2.36. The number of thioether (sulfide) groups is 1. The van der Waals surface area contributed by atoms with E-state index in [0.717, 1.165) is 11.4 Å². The summed E-state index contributed by atoms with van der Waals surface area (Å²) in [6.45, 7) is 0. The van der Waals surface area contributed by atoms with Crippen LogP contribution in [0, 0.1) is 0 Å². The molecule has 0 aliphatic rings. The lowest BCUT2D eigenvalue weighted by Crippen LogP contribution is -2.09. The Bertz CT molecular complexity index is 303. The molecule has 15 heavy (non-hydrogen) atoms. The minimum atomic E-state index is -1.82. The molecule has 1 rings (SSSR count). The fourth-order valence-electron chi connectivity index (χ4n) is 0.631. The molecule has 0 saturated carbocycles. The second kappa shape index (κ2) is 7.81. The summed E-state index contributed by atoms with van der Waals surface area (Å²) in [7, 11) is 0. The molecule has 5 nitrogen and oxygen atoms in total. The topological polar surface area (TPSA) is 87.5 Å². The van der Waals surface area contributed by atoms with Crippen molar-refractivity contribution in [1.82, 2.24) is 4.98 Å². The first-order valence-corrected chi connectivity index (χ1v) is 5.32. The quantitative estimate of drug-likeness (QED) is 0.738. The molecule has 1 heterocycles. The van der Waals surface area contributed by atoms with Gasteiger partial charge in [0.05, 0.1) is 5.69 Å². The molecule has 6 heteroatoms. The highest BCUT2D eigenvalue weighted by Gasteiger charge is 2.04. The van der Waals surface area contributed by atoms with E-state index < -0.39 is 11.9 Å². The summed E-state index contributed by atoms with van der Waals surface area (Å²) >= 11 is 1.79. The van der Waals surface area contributed by atoms with Crippen LogP contribution in [0.5, 0.6) is 0 Å². The van der Waals surface area contributed by atoms with Crippen molar-refractivity contribution in [3.8, 4) is 0 Å².